The molecular formula is C11H11N3O2. The van der Waals surface area contributed by atoms with Crippen LogP contribution in [0.5, 0.6) is 0 Å². The Hall–Kier alpha value is -2.30. The quantitative estimate of drug-likeness (QED) is 0.452. The van der Waals surface area contributed by atoms with E-state index in [-0.39, 0.29) is 5.56 Å². The lowest BCUT2D eigenvalue weighted by molar-refractivity contribution is 0.322. The summed E-state index contributed by atoms with van der Waals surface area (Å²) in [5.41, 5.74) is 1.52. The standard InChI is InChI=1S/C11H11N3O2/c1-8-10(7-12-16)11(15)14(13-8)9-5-3-2-4-6-9/h2-7,13,16H,1H3/b12-7+. The molecule has 2 rings (SSSR count). The van der Waals surface area contributed by atoms with Crippen molar-refractivity contribution in [2.24, 2.45) is 5.16 Å². The number of H-pyrrole nitrogens is 1. The van der Waals surface area contributed by atoms with Crippen LogP contribution in [0.3, 0.4) is 0 Å². The molecule has 0 unspecified atom stereocenters. The molecule has 1 aromatic heterocycles. The number of oxime groups is 1. The van der Waals surface area contributed by atoms with E-state index in [4.69, 9.17) is 5.21 Å². The zero-order valence-corrected chi connectivity index (χ0v) is 8.71. The first kappa shape index (κ1) is 10.2. The maximum atomic E-state index is 11.9. The SMILES string of the molecule is Cc1[nH]n(-c2ccccc2)c(=O)c1/C=N/O. The van der Waals surface area contributed by atoms with Gasteiger partial charge in [-0.25, -0.2) is 4.68 Å². The number of nitrogens with zero attached hydrogens (tertiary/aromatic N) is 2. The van der Waals surface area contributed by atoms with Gasteiger partial charge in [-0.05, 0) is 19.1 Å². The van der Waals surface area contributed by atoms with Gasteiger partial charge in [0.2, 0.25) is 0 Å². The molecule has 1 aromatic carbocycles. The Labute approximate surface area is 91.6 Å². The molecule has 5 nitrogen and oxygen atoms in total. The summed E-state index contributed by atoms with van der Waals surface area (Å²) in [6.07, 6.45) is 1.13. The van der Waals surface area contributed by atoms with Crippen molar-refractivity contribution < 1.29 is 5.21 Å². The number of hydrogen-bond donors (Lipinski definition) is 2. The molecule has 0 saturated carbocycles. The Morgan fingerprint density at radius 2 is 2.06 bits per heavy atom. The number of benzene rings is 1. The Bertz CT molecular complexity index is 567. The lowest BCUT2D eigenvalue weighted by Crippen LogP contribution is -2.17. The number of aryl methyl sites for hydroxylation is 1. The highest BCUT2D eigenvalue weighted by molar-refractivity contribution is 5.80. The summed E-state index contributed by atoms with van der Waals surface area (Å²) in [5, 5.41) is 14.2. The van der Waals surface area contributed by atoms with Gasteiger partial charge in [0.15, 0.2) is 0 Å². The van der Waals surface area contributed by atoms with Gasteiger partial charge in [0, 0.05) is 5.69 Å². The second kappa shape index (κ2) is 4.06. The van der Waals surface area contributed by atoms with Gasteiger partial charge in [0.25, 0.3) is 5.56 Å². The van der Waals surface area contributed by atoms with Gasteiger partial charge in [-0.3, -0.25) is 9.89 Å². The van der Waals surface area contributed by atoms with Crippen molar-refractivity contribution in [3.05, 3.63) is 51.9 Å². The van der Waals surface area contributed by atoms with E-state index >= 15 is 0 Å². The van der Waals surface area contributed by atoms with Gasteiger partial charge in [0.05, 0.1) is 17.5 Å². The monoisotopic (exact) mass is 217 g/mol. The predicted molar refractivity (Wildman–Crippen MR) is 60.5 cm³/mol. The molecule has 1 heterocycles. The first-order valence-electron chi connectivity index (χ1n) is 4.78. The molecule has 0 spiro atoms. The van der Waals surface area contributed by atoms with Crippen LogP contribution >= 0.6 is 0 Å². The summed E-state index contributed by atoms with van der Waals surface area (Å²) in [6.45, 7) is 1.75. The average Bonchev–Trinajstić information content (AvgIpc) is 2.59. The van der Waals surface area contributed by atoms with Crippen LogP contribution in [0.25, 0.3) is 5.69 Å². The third-order valence-electron chi connectivity index (χ3n) is 2.32. The van der Waals surface area contributed by atoms with Gasteiger partial charge in [0.1, 0.15) is 0 Å². The van der Waals surface area contributed by atoms with Crippen LogP contribution in [0.1, 0.15) is 11.3 Å². The lowest BCUT2D eigenvalue weighted by atomic mass is 10.3. The molecule has 82 valence electrons. The van der Waals surface area contributed by atoms with Crippen molar-refractivity contribution in [2.45, 2.75) is 6.92 Å². The van der Waals surface area contributed by atoms with E-state index < -0.39 is 0 Å². The minimum absolute atomic E-state index is 0.235. The Balaban J connectivity index is 2.61. The Kier molecular flexibility index (Phi) is 2.59. The van der Waals surface area contributed by atoms with E-state index in [1.807, 2.05) is 30.3 Å². The van der Waals surface area contributed by atoms with Crippen molar-refractivity contribution in [3.8, 4) is 5.69 Å². The van der Waals surface area contributed by atoms with Crippen molar-refractivity contribution >= 4 is 6.21 Å². The highest BCUT2D eigenvalue weighted by Crippen LogP contribution is 2.05. The number of aromatic nitrogens is 2. The molecule has 0 saturated heterocycles. The third-order valence-corrected chi connectivity index (χ3v) is 2.32. The van der Waals surface area contributed by atoms with E-state index in [9.17, 15) is 4.79 Å². The first-order chi connectivity index (χ1) is 7.74. The molecule has 0 aliphatic heterocycles. The van der Waals surface area contributed by atoms with Crippen LogP contribution < -0.4 is 5.56 Å². The third kappa shape index (κ3) is 1.63. The number of rotatable bonds is 2. The Morgan fingerprint density at radius 1 is 1.38 bits per heavy atom. The highest BCUT2D eigenvalue weighted by atomic mass is 16.4. The molecule has 0 fully saturated rings. The van der Waals surface area contributed by atoms with Crippen LogP contribution in [0.2, 0.25) is 0 Å². The van der Waals surface area contributed by atoms with Gasteiger partial charge in [-0.1, -0.05) is 23.4 Å². The molecule has 0 aliphatic rings. The van der Waals surface area contributed by atoms with Crippen LogP contribution in [0.15, 0.2) is 40.3 Å². The smallest absolute Gasteiger partial charge is 0.280 e. The average molecular weight is 217 g/mol. The summed E-state index contributed by atoms with van der Waals surface area (Å²) < 4.78 is 1.41. The van der Waals surface area contributed by atoms with E-state index in [0.717, 1.165) is 11.9 Å². The molecule has 0 aliphatic carbocycles. The molecule has 5 heteroatoms. The van der Waals surface area contributed by atoms with Gasteiger partial charge in [-0.15, -0.1) is 0 Å². The molecule has 0 atom stereocenters. The number of aromatic amines is 1. The van der Waals surface area contributed by atoms with Gasteiger partial charge < -0.3 is 5.21 Å². The number of nitrogens with one attached hydrogen (secondary N) is 1. The van der Waals surface area contributed by atoms with Gasteiger partial charge >= 0.3 is 0 Å². The molecule has 0 amide bonds. The minimum Gasteiger partial charge on any atom is -0.411 e. The van der Waals surface area contributed by atoms with Crippen LogP contribution in [-0.4, -0.2) is 21.2 Å². The van der Waals surface area contributed by atoms with E-state index in [2.05, 4.69) is 10.3 Å². The fourth-order valence-electron chi connectivity index (χ4n) is 1.53. The van der Waals surface area contributed by atoms with Crippen LogP contribution in [-0.2, 0) is 0 Å². The fraction of sp³-hybridized carbons (Fsp3) is 0.0909. The van der Waals surface area contributed by atoms with Crippen molar-refractivity contribution in [2.75, 3.05) is 0 Å². The summed E-state index contributed by atoms with van der Waals surface area (Å²) in [5.74, 6) is 0. The maximum absolute atomic E-state index is 11.9. The zero-order chi connectivity index (χ0) is 11.5. The second-order valence-electron chi connectivity index (χ2n) is 3.37. The number of hydrogen-bond acceptors (Lipinski definition) is 3. The van der Waals surface area contributed by atoms with Crippen molar-refractivity contribution in [1.82, 2.24) is 9.78 Å². The summed E-state index contributed by atoms with van der Waals surface area (Å²) in [4.78, 5) is 11.9. The molecule has 0 radical (unpaired) electrons. The largest absolute Gasteiger partial charge is 0.411 e. The summed E-state index contributed by atoms with van der Waals surface area (Å²) in [7, 11) is 0. The predicted octanol–water partition coefficient (Wildman–Crippen LogP) is 1.28. The molecule has 2 N–H and O–H groups in total. The summed E-state index contributed by atoms with van der Waals surface area (Å²) in [6, 6.07) is 9.20. The van der Waals surface area contributed by atoms with Crippen LogP contribution in [0, 0.1) is 6.92 Å². The lowest BCUT2D eigenvalue weighted by Gasteiger charge is -1.99. The fourth-order valence-corrected chi connectivity index (χ4v) is 1.53. The van der Waals surface area contributed by atoms with Crippen molar-refractivity contribution in [3.63, 3.8) is 0 Å². The highest BCUT2D eigenvalue weighted by Gasteiger charge is 2.09. The Morgan fingerprint density at radius 3 is 2.69 bits per heavy atom. The van der Waals surface area contributed by atoms with E-state index in [1.165, 1.54) is 4.68 Å². The first-order valence-corrected chi connectivity index (χ1v) is 4.78. The molecule has 16 heavy (non-hydrogen) atoms. The molecular weight excluding hydrogens is 206 g/mol. The molecule has 2 aromatic rings. The van der Waals surface area contributed by atoms with E-state index in [1.54, 1.807) is 6.92 Å². The topological polar surface area (TPSA) is 70.4 Å². The minimum atomic E-state index is -0.235. The number of para-hydroxylation sites is 1. The summed E-state index contributed by atoms with van der Waals surface area (Å²) >= 11 is 0. The second-order valence-corrected chi connectivity index (χ2v) is 3.37. The van der Waals surface area contributed by atoms with Gasteiger partial charge in [-0.2, -0.15) is 0 Å². The molecule has 0 bridgehead atoms. The normalized spacial score (nSPS) is 11.1. The van der Waals surface area contributed by atoms with E-state index in [0.29, 0.717) is 11.3 Å². The van der Waals surface area contributed by atoms with Crippen molar-refractivity contribution in [1.29, 1.82) is 0 Å². The van der Waals surface area contributed by atoms with Crippen LogP contribution in [0.4, 0.5) is 0 Å². The maximum Gasteiger partial charge on any atom is 0.280 e. The zero-order valence-electron chi connectivity index (χ0n) is 8.71.